The summed E-state index contributed by atoms with van der Waals surface area (Å²) in [5.41, 5.74) is 11.6. The maximum Gasteiger partial charge on any atom is 1.00 e. The minimum absolute atomic E-state index is 0. The van der Waals surface area contributed by atoms with Gasteiger partial charge in [0.1, 0.15) is 5.78 Å². The third kappa shape index (κ3) is 17.2. The average Bonchev–Trinajstić information content (AvgIpc) is 3.54. The Morgan fingerprint density at radius 2 is 0.852 bits per heavy atom. The molecule has 0 aliphatic carbocycles. The zero-order valence-corrected chi connectivity index (χ0v) is 49.6. The molecule has 8 heterocycles. The Morgan fingerprint density at radius 1 is 0.481 bits per heavy atom. The molecule has 4 aromatic heterocycles. The van der Waals surface area contributed by atoms with Gasteiger partial charge in [-0.2, -0.15) is 0 Å². The first kappa shape index (κ1) is 61.4. The van der Waals surface area contributed by atoms with Crippen molar-refractivity contribution in [3.63, 3.8) is 0 Å². The van der Waals surface area contributed by atoms with E-state index >= 15 is 0 Å². The monoisotopic (exact) mass is 1100 g/mol. The number of hydrogen-bond donors (Lipinski definition) is 1. The number of nitrogens with zero attached hydrogens (tertiary/aromatic N) is 9. The van der Waals surface area contributed by atoms with Gasteiger partial charge in [-0.05, 0) is 75.2 Å². The molecule has 0 spiro atoms. The molecule has 17 nitrogen and oxygen atoms in total. The molecular formula is C62H71BN10NaO7. The van der Waals surface area contributed by atoms with Crippen molar-refractivity contribution in [3.8, 4) is 0 Å². The molecule has 12 rings (SSSR count). The van der Waals surface area contributed by atoms with E-state index in [4.69, 9.17) is 4.98 Å². The Kier molecular flexibility index (Phi) is 23.2. The Bertz CT molecular complexity index is 3350. The van der Waals surface area contributed by atoms with Crippen molar-refractivity contribution in [2.45, 2.75) is 66.3 Å². The molecule has 0 saturated carbocycles. The molecule has 4 aliphatic rings. The fraction of sp³-hybridized carbons (Fsp3) is 0.355. The van der Waals surface area contributed by atoms with Gasteiger partial charge in [-0.3, -0.25) is 34.4 Å². The Balaban J connectivity index is 0.000000167. The molecule has 19 heteroatoms. The van der Waals surface area contributed by atoms with Crippen LogP contribution in [-0.4, -0.2) is 141 Å². The Hall–Kier alpha value is -7.22. The number of aromatic nitrogens is 4. The molecule has 3 radical (unpaired) electrons. The number of fused-ring (bicyclic) bond motifs is 4. The molecule has 81 heavy (non-hydrogen) atoms. The Labute approximate surface area is 498 Å². The number of piperidine rings is 2. The molecule has 4 fully saturated rings. The number of nitrogens with one attached hydrogen (secondary N) is 1. The molecule has 4 saturated heterocycles. The summed E-state index contributed by atoms with van der Waals surface area (Å²) in [6.07, 6.45) is 7.48. The van der Waals surface area contributed by atoms with Gasteiger partial charge in [-0.15, -0.1) is 0 Å². The Morgan fingerprint density at radius 3 is 1.27 bits per heavy atom. The van der Waals surface area contributed by atoms with Crippen LogP contribution in [0.4, 0.5) is 22.7 Å². The van der Waals surface area contributed by atoms with Gasteiger partial charge in [0, 0.05) is 164 Å². The van der Waals surface area contributed by atoms with Gasteiger partial charge in [0.15, 0.2) is 0 Å². The minimum Gasteiger partial charge on any atom is -0.793 e. The number of carbonyl (C=O) groups is 4. The third-order valence-electron chi connectivity index (χ3n) is 14.4. The van der Waals surface area contributed by atoms with Crippen molar-refractivity contribution >= 4 is 98.1 Å². The number of anilines is 4. The summed E-state index contributed by atoms with van der Waals surface area (Å²) >= 11 is 0. The molecule has 8 aromatic rings. The largest absolute Gasteiger partial charge is 1.00 e. The molecule has 0 unspecified atom stereocenters. The van der Waals surface area contributed by atoms with Crippen molar-refractivity contribution in [2.75, 3.05) is 98.1 Å². The summed E-state index contributed by atoms with van der Waals surface area (Å²) in [5.74, 6) is -1.38. The predicted molar refractivity (Wildman–Crippen MR) is 318 cm³/mol. The molecular weight excluding hydrogens is 1030 g/mol. The SMILES string of the molecule is CC(=O)OOC(C)=O.Cc1ccc2cccc(N3CCN(C4CCN(c5cccc6cccnc56)CC4)CC3)c2n1.Cc1ccc2cccc(N3CCNCC3)c2n1.O=C1CCN(c2cccc3cccnc23)CC1.[B-]OC(C)=O.[Na+]. The first-order chi connectivity index (χ1) is 38.8. The van der Waals surface area contributed by atoms with E-state index in [9.17, 15) is 19.2 Å². The zero-order valence-electron chi connectivity index (χ0n) is 47.6. The predicted octanol–water partition coefficient (Wildman–Crippen LogP) is 5.90. The second-order valence-electron chi connectivity index (χ2n) is 20.1. The van der Waals surface area contributed by atoms with Crippen LogP contribution in [0.5, 0.6) is 0 Å². The topological polar surface area (TPSA) is 176 Å². The fourth-order valence-corrected chi connectivity index (χ4v) is 10.5. The molecule has 4 aromatic carbocycles. The van der Waals surface area contributed by atoms with Crippen LogP contribution in [0, 0.1) is 13.8 Å². The van der Waals surface area contributed by atoms with Gasteiger partial charge in [0.05, 0.1) is 44.8 Å². The summed E-state index contributed by atoms with van der Waals surface area (Å²) in [5, 5.41) is 8.23. The van der Waals surface area contributed by atoms with E-state index < -0.39 is 17.9 Å². The van der Waals surface area contributed by atoms with E-state index in [2.05, 4.69) is 183 Å². The molecule has 1 N–H and O–H groups in total. The van der Waals surface area contributed by atoms with Crippen LogP contribution >= 0.6 is 0 Å². The van der Waals surface area contributed by atoms with Crippen LogP contribution in [0.3, 0.4) is 0 Å². The summed E-state index contributed by atoms with van der Waals surface area (Å²) in [7, 11) is 4.32. The normalized spacial score (nSPS) is 15.6. The van der Waals surface area contributed by atoms with E-state index in [-0.39, 0.29) is 29.6 Å². The quantitative estimate of drug-likeness (QED) is 0.122. The van der Waals surface area contributed by atoms with Crippen LogP contribution in [0.15, 0.2) is 134 Å². The molecule has 415 valence electrons. The van der Waals surface area contributed by atoms with E-state index in [0.29, 0.717) is 24.7 Å². The van der Waals surface area contributed by atoms with Crippen molar-refractivity contribution in [3.05, 3.63) is 145 Å². The summed E-state index contributed by atoms with van der Waals surface area (Å²) in [4.78, 5) is 79.2. The van der Waals surface area contributed by atoms with Crippen LogP contribution in [0.2, 0.25) is 0 Å². The maximum atomic E-state index is 11.3. The number of aryl methyl sites for hydroxylation is 2. The van der Waals surface area contributed by atoms with Gasteiger partial charge < -0.3 is 37.6 Å². The number of benzene rings is 4. The fourth-order valence-electron chi connectivity index (χ4n) is 10.5. The van der Waals surface area contributed by atoms with Gasteiger partial charge >= 0.3 is 41.5 Å². The van der Waals surface area contributed by atoms with E-state index in [1.807, 2.05) is 31.5 Å². The smallest absolute Gasteiger partial charge is 0.793 e. The van der Waals surface area contributed by atoms with Crippen molar-refractivity contribution < 1.29 is 63.2 Å². The molecule has 0 bridgehead atoms. The van der Waals surface area contributed by atoms with Gasteiger partial charge in [-0.25, -0.2) is 19.4 Å². The van der Waals surface area contributed by atoms with Gasteiger partial charge in [-0.1, -0.05) is 72.8 Å². The zero-order chi connectivity index (χ0) is 56.4. The second-order valence-corrected chi connectivity index (χ2v) is 20.1. The number of ketones is 1. The van der Waals surface area contributed by atoms with E-state index in [0.717, 1.165) is 137 Å². The number of para-hydroxylation sites is 4. The number of piperazine rings is 2. The molecule has 0 amide bonds. The third-order valence-corrected chi connectivity index (χ3v) is 14.4. The maximum absolute atomic E-state index is 11.3. The van der Waals surface area contributed by atoms with Crippen molar-refractivity contribution in [2.24, 2.45) is 0 Å². The van der Waals surface area contributed by atoms with Gasteiger partial charge in [0.2, 0.25) is 5.97 Å². The number of Topliss-reactive ketones (excluding diaryl/α,β-unsaturated/α-hetero) is 1. The van der Waals surface area contributed by atoms with Crippen molar-refractivity contribution in [1.82, 2.24) is 30.2 Å². The molecule has 0 atom stereocenters. The minimum atomic E-state index is -0.639. The van der Waals surface area contributed by atoms with E-state index in [1.165, 1.54) is 53.0 Å². The van der Waals surface area contributed by atoms with E-state index in [1.54, 1.807) is 0 Å². The van der Waals surface area contributed by atoms with Gasteiger partial charge in [0.25, 0.3) is 0 Å². The first-order valence-electron chi connectivity index (χ1n) is 27.4. The standard InChI is InChI=1S/C28H31N5.C14H17N3.C14H14N2O.C4H6O4.C2H3BO2.Na/c1-21-10-11-23-6-3-9-26(28(23)30-21)33-19-17-31(18-20-33)24-12-15-32(16-13-24)25-8-2-5-22-7-4-14-29-27(22)25;1-11-5-6-12-3-2-4-13(14(12)16-11)17-9-7-15-8-10-17;17-12-6-9-16(10-7-12)13-5-1-3-11-4-2-8-15-14(11)13;1-3(5)7-8-4(2)6;1-2(4)5-3;/h2-11,14,24H,12-13,15-20H2,1H3;2-6,15H,7-10H2,1H3;1-5,8H,6-7,9-10H2;1-2H3;1H3;/q;;;;-1;+1. The van der Waals surface area contributed by atoms with Crippen LogP contribution in [-0.2, 0) is 33.6 Å². The van der Waals surface area contributed by atoms with Crippen LogP contribution in [0.25, 0.3) is 43.6 Å². The number of pyridine rings is 4. The van der Waals surface area contributed by atoms with Crippen LogP contribution in [0.1, 0.15) is 57.8 Å². The second kappa shape index (κ2) is 30.6. The molecule has 4 aliphatic heterocycles. The van der Waals surface area contributed by atoms with Crippen molar-refractivity contribution in [1.29, 1.82) is 0 Å². The number of rotatable bonds is 5. The summed E-state index contributed by atoms with van der Waals surface area (Å²) < 4.78 is 3.61. The first-order valence-corrected chi connectivity index (χ1v) is 27.4. The number of carbonyl (C=O) groups excluding carboxylic acids is 4. The average molecular weight is 1100 g/mol. The summed E-state index contributed by atoms with van der Waals surface area (Å²) in [6, 6.07) is 43.2. The van der Waals surface area contributed by atoms with Crippen LogP contribution < -0.4 is 54.5 Å². The summed E-state index contributed by atoms with van der Waals surface area (Å²) in [6.45, 7) is 20.1. The number of hydrogen-bond acceptors (Lipinski definition) is 17.